The molecule has 1 heterocycles. The number of nitrogens with one attached hydrogen (secondary N) is 2. The standard InChI is InChI=1S/C11H22N2O3/c1-15-6-7-16-5-3-2-4-13-11(14)10-8-12-9-10/h10,12H,2-9H2,1H3,(H,13,14). The van der Waals surface area contributed by atoms with E-state index >= 15 is 0 Å². The third-order valence-corrected chi connectivity index (χ3v) is 2.60. The van der Waals surface area contributed by atoms with Gasteiger partial charge in [-0.25, -0.2) is 0 Å². The van der Waals surface area contributed by atoms with Crippen LogP contribution in [0.1, 0.15) is 12.8 Å². The van der Waals surface area contributed by atoms with Crippen molar-refractivity contribution in [2.45, 2.75) is 12.8 Å². The number of rotatable bonds is 9. The molecule has 16 heavy (non-hydrogen) atoms. The van der Waals surface area contributed by atoms with Crippen molar-refractivity contribution < 1.29 is 14.3 Å². The van der Waals surface area contributed by atoms with Crippen LogP contribution in [0.2, 0.25) is 0 Å². The van der Waals surface area contributed by atoms with Gasteiger partial charge in [-0.1, -0.05) is 0 Å². The first-order valence-corrected chi connectivity index (χ1v) is 5.89. The highest BCUT2D eigenvalue weighted by Gasteiger charge is 2.23. The Kier molecular flexibility index (Phi) is 7.12. The molecule has 0 aromatic rings. The summed E-state index contributed by atoms with van der Waals surface area (Å²) in [6.07, 6.45) is 1.95. The molecule has 2 N–H and O–H groups in total. The van der Waals surface area contributed by atoms with Crippen LogP contribution in [0.3, 0.4) is 0 Å². The number of unbranched alkanes of at least 4 members (excludes halogenated alkanes) is 1. The molecule has 1 rings (SSSR count). The van der Waals surface area contributed by atoms with Gasteiger partial charge in [0.25, 0.3) is 0 Å². The van der Waals surface area contributed by atoms with E-state index in [1.54, 1.807) is 7.11 Å². The predicted octanol–water partition coefficient (Wildman–Crippen LogP) is -0.235. The molecule has 1 fully saturated rings. The van der Waals surface area contributed by atoms with Gasteiger partial charge in [-0.3, -0.25) is 4.79 Å². The SMILES string of the molecule is COCCOCCCCNC(=O)C1CNC1. The summed E-state index contributed by atoms with van der Waals surface area (Å²) in [7, 11) is 1.66. The van der Waals surface area contributed by atoms with Gasteiger partial charge < -0.3 is 20.1 Å². The fourth-order valence-electron chi connectivity index (χ4n) is 1.40. The van der Waals surface area contributed by atoms with E-state index in [0.29, 0.717) is 13.2 Å². The minimum absolute atomic E-state index is 0.180. The summed E-state index contributed by atoms with van der Waals surface area (Å²) < 4.78 is 10.2. The van der Waals surface area contributed by atoms with E-state index in [2.05, 4.69) is 10.6 Å². The highest BCUT2D eigenvalue weighted by atomic mass is 16.5. The molecule has 94 valence electrons. The first kappa shape index (κ1) is 13.4. The van der Waals surface area contributed by atoms with Crippen LogP contribution in [-0.2, 0) is 14.3 Å². The van der Waals surface area contributed by atoms with Crippen molar-refractivity contribution in [2.75, 3.05) is 46.6 Å². The molecule has 0 bridgehead atoms. The first-order valence-electron chi connectivity index (χ1n) is 5.89. The van der Waals surface area contributed by atoms with Gasteiger partial charge in [0, 0.05) is 33.4 Å². The third kappa shape index (κ3) is 5.44. The van der Waals surface area contributed by atoms with E-state index < -0.39 is 0 Å². The van der Waals surface area contributed by atoms with E-state index in [0.717, 1.165) is 39.1 Å². The van der Waals surface area contributed by atoms with E-state index in [-0.39, 0.29) is 11.8 Å². The van der Waals surface area contributed by atoms with Crippen LogP contribution in [-0.4, -0.2) is 52.5 Å². The summed E-state index contributed by atoms with van der Waals surface area (Å²) >= 11 is 0. The summed E-state index contributed by atoms with van der Waals surface area (Å²) in [6, 6.07) is 0. The fourth-order valence-corrected chi connectivity index (χ4v) is 1.40. The van der Waals surface area contributed by atoms with Crippen molar-refractivity contribution >= 4 is 5.91 Å². The first-order chi connectivity index (χ1) is 7.84. The Hall–Kier alpha value is -0.650. The van der Waals surface area contributed by atoms with Crippen LogP contribution in [0.4, 0.5) is 0 Å². The maximum atomic E-state index is 11.4. The molecule has 1 aliphatic rings. The fraction of sp³-hybridized carbons (Fsp3) is 0.909. The number of ether oxygens (including phenoxy) is 2. The molecule has 0 aliphatic carbocycles. The van der Waals surface area contributed by atoms with E-state index in [1.807, 2.05) is 0 Å². The smallest absolute Gasteiger partial charge is 0.225 e. The Morgan fingerprint density at radius 3 is 2.75 bits per heavy atom. The quantitative estimate of drug-likeness (QED) is 0.537. The molecule has 1 amide bonds. The van der Waals surface area contributed by atoms with Gasteiger partial charge in [-0.2, -0.15) is 0 Å². The van der Waals surface area contributed by atoms with Gasteiger partial charge >= 0.3 is 0 Å². The van der Waals surface area contributed by atoms with Gasteiger partial charge in [0.2, 0.25) is 5.91 Å². The zero-order chi connectivity index (χ0) is 11.6. The van der Waals surface area contributed by atoms with E-state index in [4.69, 9.17) is 9.47 Å². The van der Waals surface area contributed by atoms with Crippen LogP contribution in [0, 0.1) is 5.92 Å². The molecule has 0 spiro atoms. The Morgan fingerprint density at radius 2 is 2.12 bits per heavy atom. The molecule has 1 aliphatic heterocycles. The average Bonchev–Trinajstić information content (AvgIpc) is 2.19. The van der Waals surface area contributed by atoms with E-state index in [9.17, 15) is 4.79 Å². The minimum Gasteiger partial charge on any atom is -0.382 e. The van der Waals surface area contributed by atoms with Crippen LogP contribution < -0.4 is 10.6 Å². The summed E-state index contributed by atoms with van der Waals surface area (Å²) in [6.45, 7) is 4.44. The molecule has 5 heteroatoms. The molecular formula is C11H22N2O3. The van der Waals surface area contributed by atoms with Crippen molar-refractivity contribution in [1.29, 1.82) is 0 Å². The van der Waals surface area contributed by atoms with Crippen molar-refractivity contribution in [3.05, 3.63) is 0 Å². The lowest BCUT2D eigenvalue weighted by molar-refractivity contribution is -0.126. The van der Waals surface area contributed by atoms with Crippen molar-refractivity contribution in [2.24, 2.45) is 5.92 Å². The summed E-state index contributed by atoms with van der Waals surface area (Å²) in [5.41, 5.74) is 0. The molecule has 0 aromatic carbocycles. The number of hydrogen-bond donors (Lipinski definition) is 2. The number of amides is 1. The maximum absolute atomic E-state index is 11.4. The molecular weight excluding hydrogens is 208 g/mol. The number of carbonyl (C=O) groups excluding carboxylic acids is 1. The summed E-state index contributed by atoms with van der Waals surface area (Å²) in [5, 5.41) is 6.01. The lowest BCUT2D eigenvalue weighted by Crippen LogP contribution is -2.50. The maximum Gasteiger partial charge on any atom is 0.225 e. The predicted molar refractivity (Wildman–Crippen MR) is 61.3 cm³/mol. The van der Waals surface area contributed by atoms with Crippen LogP contribution in [0.15, 0.2) is 0 Å². The minimum atomic E-state index is 0.180. The van der Waals surface area contributed by atoms with Crippen molar-refractivity contribution in [3.63, 3.8) is 0 Å². The highest BCUT2D eigenvalue weighted by Crippen LogP contribution is 2.01. The zero-order valence-corrected chi connectivity index (χ0v) is 9.96. The number of carbonyl (C=O) groups is 1. The molecule has 0 atom stereocenters. The Labute approximate surface area is 96.9 Å². The summed E-state index contributed by atoms with van der Waals surface area (Å²) in [5.74, 6) is 0.372. The van der Waals surface area contributed by atoms with Gasteiger partial charge in [-0.15, -0.1) is 0 Å². The number of methoxy groups -OCH3 is 1. The Bertz CT molecular complexity index is 196. The molecule has 0 radical (unpaired) electrons. The largest absolute Gasteiger partial charge is 0.382 e. The average molecular weight is 230 g/mol. The topological polar surface area (TPSA) is 59.6 Å². The highest BCUT2D eigenvalue weighted by molar-refractivity contribution is 5.79. The van der Waals surface area contributed by atoms with Gasteiger partial charge in [0.1, 0.15) is 0 Å². The van der Waals surface area contributed by atoms with Crippen molar-refractivity contribution in [3.8, 4) is 0 Å². The molecule has 0 unspecified atom stereocenters. The molecule has 0 saturated carbocycles. The van der Waals surface area contributed by atoms with Crippen LogP contribution in [0.5, 0.6) is 0 Å². The summed E-state index contributed by atoms with van der Waals surface area (Å²) in [4.78, 5) is 11.4. The molecule has 0 aromatic heterocycles. The normalized spacial score (nSPS) is 15.8. The van der Waals surface area contributed by atoms with E-state index in [1.165, 1.54) is 0 Å². The van der Waals surface area contributed by atoms with Crippen LogP contribution in [0.25, 0.3) is 0 Å². The lowest BCUT2D eigenvalue weighted by atomic mass is 10.0. The number of hydrogen-bond acceptors (Lipinski definition) is 4. The van der Waals surface area contributed by atoms with Crippen molar-refractivity contribution in [1.82, 2.24) is 10.6 Å². The second-order valence-electron chi connectivity index (χ2n) is 3.96. The van der Waals surface area contributed by atoms with Gasteiger partial charge in [0.05, 0.1) is 19.1 Å². The van der Waals surface area contributed by atoms with Crippen LogP contribution >= 0.6 is 0 Å². The zero-order valence-electron chi connectivity index (χ0n) is 9.96. The Balaban J connectivity index is 1.79. The molecule has 1 saturated heterocycles. The second kappa shape index (κ2) is 8.50. The lowest BCUT2D eigenvalue weighted by Gasteiger charge is -2.25. The second-order valence-corrected chi connectivity index (χ2v) is 3.96. The molecule has 5 nitrogen and oxygen atoms in total. The van der Waals surface area contributed by atoms with Gasteiger partial charge in [-0.05, 0) is 12.8 Å². The monoisotopic (exact) mass is 230 g/mol. The Morgan fingerprint density at radius 1 is 1.31 bits per heavy atom. The van der Waals surface area contributed by atoms with Gasteiger partial charge in [0.15, 0.2) is 0 Å². The third-order valence-electron chi connectivity index (χ3n) is 2.60.